The SMILES string of the molecule is [CH2]CC(C)(c1ccc(C(F)(F)F)cc1CN)C1CC1. The molecule has 19 heavy (non-hydrogen) atoms. The summed E-state index contributed by atoms with van der Waals surface area (Å²) < 4.78 is 38.2. The predicted octanol–water partition coefficient (Wildman–Crippen LogP) is 4.06. The lowest BCUT2D eigenvalue weighted by Crippen LogP contribution is -2.26. The fourth-order valence-electron chi connectivity index (χ4n) is 2.78. The van der Waals surface area contributed by atoms with Crippen LogP contribution in [-0.4, -0.2) is 0 Å². The quantitative estimate of drug-likeness (QED) is 0.877. The summed E-state index contributed by atoms with van der Waals surface area (Å²) in [5.74, 6) is 0.520. The van der Waals surface area contributed by atoms with Gasteiger partial charge < -0.3 is 5.73 Å². The van der Waals surface area contributed by atoms with Gasteiger partial charge >= 0.3 is 6.18 Å². The van der Waals surface area contributed by atoms with Gasteiger partial charge in [0.1, 0.15) is 0 Å². The normalized spacial score (nSPS) is 19.3. The van der Waals surface area contributed by atoms with Crippen molar-refractivity contribution in [3.63, 3.8) is 0 Å². The van der Waals surface area contributed by atoms with Gasteiger partial charge in [-0.05, 0) is 53.9 Å². The second kappa shape index (κ2) is 4.82. The maximum absolute atomic E-state index is 12.7. The second-order valence-electron chi connectivity index (χ2n) is 5.52. The van der Waals surface area contributed by atoms with Crippen LogP contribution < -0.4 is 5.73 Å². The Morgan fingerprint density at radius 3 is 2.37 bits per heavy atom. The average molecular weight is 270 g/mol. The molecule has 1 atom stereocenters. The highest BCUT2D eigenvalue weighted by molar-refractivity contribution is 5.39. The minimum absolute atomic E-state index is 0.127. The monoisotopic (exact) mass is 270 g/mol. The molecule has 1 fully saturated rings. The van der Waals surface area contributed by atoms with Crippen molar-refractivity contribution in [3.05, 3.63) is 41.8 Å². The second-order valence-corrected chi connectivity index (χ2v) is 5.52. The van der Waals surface area contributed by atoms with E-state index >= 15 is 0 Å². The summed E-state index contributed by atoms with van der Waals surface area (Å²) in [4.78, 5) is 0. The van der Waals surface area contributed by atoms with E-state index in [1.54, 1.807) is 6.07 Å². The lowest BCUT2D eigenvalue weighted by molar-refractivity contribution is -0.137. The topological polar surface area (TPSA) is 26.0 Å². The molecule has 1 aromatic rings. The van der Waals surface area contributed by atoms with Crippen LogP contribution in [0.5, 0.6) is 0 Å². The highest BCUT2D eigenvalue weighted by Gasteiger charge is 2.42. The smallest absolute Gasteiger partial charge is 0.326 e. The van der Waals surface area contributed by atoms with Gasteiger partial charge in [0.15, 0.2) is 0 Å². The highest BCUT2D eigenvalue weighted by Crippen LogP contribution is 2.50. The van der Waals surface area contributed by atoms with E-state index in [1.165, 1.54) is 6.07 Å². The van der Waals surface area contributed by atoms with Crippen LogP contribution in [0.4, 0.5) is 13.2 Å². The van der Waals surface area contributed by atoms with E-state index in [0.717, 1.165) is 24.5 Å². The Morgan fingerprint density at radius 2 is 1.95 bits per heavy atom. The molecular formula is C15H19F3N. The van der Waals surface area contributed by atoms with Crippen LogP contribution in [0.2, 0.25) is 0 Å². The number of halogens is 3. The molecular weight excluding hydrogens is 251 g/mol. The predicted molar refractivity (Wildman–Crippen MR) is 69.4 cm³/mol. The third-order valence-electron chi connectivity index (χ3n) is 4.27. The molecule has 1 radical (unpaired) electrons. The van der Waals surface area contributed by atoms with Gasteiger partial charge in [-0.3, -0.25) is 0 Å². The molecule has 1 aromatic carbocycles. The van der Waals surface area contributed by atoms with Crippen molar-refractivity contribution in [2.75, 3.05) is 0 Å². The summed E-state index contributed by atoms with van der Waals surface area (Å²) in [6.07, 6.45) is -1.40. The molecule has 4 heteroatoms. The van der Waals surface area contributed by atoms with Crippen molar-refractivity contribution < 1.29 is 13.2 Å². The lowest BCUT2D eigenvalue weighted by atomic mass is 9.73. The van der Waals surface area contributed by atoms with E-state index in [9.17, 15) is 13.2 Å². The van der Waals surface area contributed by atoms with Crippen molar-refractivity contribution in [1.29, 1.82) is 0 Å². The van der Waals surface area contributed by atoms with E-state index < -0.39 is 11.7 Å². The van der Waals surface area contributed by atoms with Gasteiger partial charge in [0.2, 0.25) is 0 Å². The Bertz CT molecular complexity index is 463. The first-order valence-corrected chi connectivity index (χ1v) is 6.53. The first-order chi connectivity index (χ1) is 8.82. The fourth-order valence-corrected chi connectivity index (χ4v) is 2.78. The molecule has 1 nitrogen and oxygen atoms in total. The van der Waals surface area contributed by atoms with Crippen LogP contribution in [-0.2, 0) is 18.1 Å². The molecule has 1 saturated carbocycles. The molecule has 1 aliphatic rings. The average Bonchev–Trinajstić information content (AvgIpc) is 3.20. The van der Waals surface area contributed by atoms with Crippen molar-refractivity contribution >= 4 is 0 Å². The van der Waals surface area contributed by atoms with E-state index in [4.69, 9.17) is 5.73 Å². The van der Waals surface area contributed by atoms with Crippen LogP contribution >= 0.6 is 0 Å². The Kier molecular flexibility index (Phi) is 3.65. The number of hydrogen-bond acceptors (Lipinski definition) is 1. The summed E-state index contributed by atoms with van der Waals surface area (Å²) in [5.41, 5.74) is 6.39. The molecule has 0 amide bonds. The largest absolute Gasteiger partial charge is 0.416 e. The number of hydrogen-bond donors (Lipinski definition) is 1. The Labute approximate surface area is 112 Å². The zero-order valence-corrected chi connectivity index (χ0v) is 11.1. The molecule has 0 saturated heterocycles. The molecule has 0 aliphatic heterocycles. The Morgan fingerprint density at radius 1 is 1.32 bits per heavy atom. The third-order valence-corrected chi connectivity index (χ3v) is 4.27. The van der Waals surface area contributed by atoms with E-state index in [0.29, 0.717) is 17.9 Å². The van der Waals surface area contributed by atoms with Crippen molar-refractivity contribution in [2.45, 2.75) is 44.3 Å². The maximum atomic E-state index is 12.7. The van der Waals surface area contributed by atoms with Gasteiger partial charge in [-0.1, -0.05) is 19.9 Å². The third kappa shape index (κ3) is 2.64. The van der Waals surface area contributed by atoms with E-state index in [2.05, 4.69) is 13.8 Å². The van der Waals surface area contributed by atoms with Crippen LogP contribution in [0.25, 0.3) is 0 Å². The maximum Gasteiger partial charge on any atom is 0.416 e. The van der Waals surface area contributed by atoms with Crippen molar-refractivity contribution in [2.24, 2.45) is 11.7 Å². The first-order valence-electron chi connectivity index (χ1n) is 6.53. The molecule has 0 spiro atoms. The molecule has 105 valence electrons. The molecule has 0 heterocycles. The van der Waals surface area contributed by atoms with Gasteiger partial charge in [0.25, 0.3) is 0 Å². The molecule has 0 aromatic heterocycles. The Hall–Kier alpha value is -1.03. The summed E-state index contributed by atoms with van der Waals surface area (Å²) in [7, 11) is 0. The summed E-state index contributed by atoms with van der Waals surface area (Å²) >= 11 is 0. The molecule has 1 unspecified atom stereocenters. The number of nitrogens with two attached hydrogens (primary N) is 1. The highest BCUT2D eigenvalue weighted by atomic mass is 19.4. The van der Waals surface area contributed by atoms with E-state index in [1.807, 2.05) is 0 Å². The molecule has 2 N–H and O–H groups in total. The minimum Gasteiger partial charge on any atom is -0.326 e. The Balaban J connectivity index is 2.46. The molecule has 1 aliphatic carbocycles. The van der Waals surface area contributed by atoms with Crippen LogP contribution in [0.15, 0.2) is 18.2 Å². The van der Waals surface area contributed by atoms with E-state index in [-0.39, 0.29) is 12.0 Å². The molecule has 0 bridgehead atoms. The summed E-state index contributed by atoms with van der Waals surface area (Å²) in [6.45, 7) is 6.19. The van der Waals surface area contributed by atoms with Gasteiger partial charge in [-0.15, -0.1) is 0 Å². The number of rotatable bonds is 4. The van der Waals surface area contributed by atoms with Crippen LogP contribution in [0, 0.1) is 12.8 Å². The number of benzene rings is 1. The zero-order valence-electron chi connectivity index (χ0n) is 11.1. The number of alkyl halides is 3. The summed E-state index contributed by atoms with van der Waals surface area (Å²) in [5, 5.41) is 0. The van der Waals surface area contributed by atoms with Gasteiger partial charge in [-0.25, -0.2) is 0 Å². The molecule has 2 rings (SSSR count). The van der Waals surface area contributed by atoms with Crippen molar-refractivity contribution in [3.8, 4) is 0 Å². The summed E-state index contributed by atoms with van der Waals surface area (Å²) in [6, 6.07) is 3.94. The fraction of sp³-hybridized carbons (Fsp3) is 0.533. The first kappa shape index (κ1) is 14.4. The zero-order chi connectivity index (χ0) is 14.3. The van der Waals surface area contributed by atoms with Gasteiger partial charge in [0, 0.05) is 6.54 Å². The standard InChI is InChI=1S/C15H19F3N/c1-3-14(2,11-4-5-11)13-7-6-12(15(16,17)18)8-10(13)9-19/h6-8,11H,1,3-5,9,19H2,2H3. The van der Waals surface area contributed by atoms with Crippen LogP contribution in [0.1, 0.15) is 42.9 Å². The van der Waals surface area contributed by atoms with Crippen molar-refractivity contribution in [1.82, 2.24) is 0 Å². The van der Waals surface area contributed by atoms with Gasteiger partial charge in [-0.2, -0.15) is 13.2 Å². The minimum atomic E-state index is -4.32. The lowest BCUT2D eigenvalue weighted by Gasteiger charge is -2.31. The van der Waals surface area contributed by atoms with Crippen LogP contribution in [0.3, 0.4) is 0 Å². The van der Waals surface area contributed by atoms with Gasteiger partial charge in [0.05, 0.1) is 5.56 Å².